The van der Waals surface area contributed by atoms with E-state index in [4.69, 9.17) is 9.15 Å². The van der Waals surface area contributed by atoms with Crippen LogP contribution < -0.4 is 5.32 Å². The lowest BCUT2D eigenvalue weighted by Crippen LogP contribution is -2.23. The number of thioether (sulfide) groups is 1. The fourth-order valence-electron chi connectivity index (χ4n) is 2.67. The molecule has 0 saturated heterocycles. The summed E-state index contributed by atoms with van der Waals surface area (Å²) in [6.45, 7) is 0.794. The van der Waals surface area contributed by atoms with Gasteiger partial charge in [-0.15, -0.1) is 11.8 Å². The molecule has 1 N–H and O–H groups in total. The number of carbonyl (C=O) groups excluding carboxylic acids is 2. The van der Waals surface area contributed by atoms with Crippen molar-refractivity contribution in [2.45, 2.75) is 18.1 Å². The Balaban J connectivity index is 1.72. The third kappa shape index (κ3) is 5.23. The Hall–Kier alpha value is -3.34. The molecule has 2 heterocycles. The number of benzene rings is 1. The Morgan fingerprint density at radius 1 is 1.16 bits per heavy atom. The van der Waals surface area contributed by atoms with Crippen molar-refractivity contribution in [1.82, 2.24) is 9.97 Å². The van der Waals surface area contributed by atoms with Crippen LogP contribution in [0.2, 0.25) is 0 Å². The van der Waals surface area contributed by atoms with Gasteiger partial charge in [-0.05, 0) is 37.4 Å². The van der Waals surface area contributed by atoms with Crippen molar-refractivity contribution < 1.29 is 31.9 Å². The molecule has 162 valence electrons. The van der Waals surface area contributed by atoms with Gasteiger partial charge in [-0.1, -0.05) is 12.1 Å². The van der Waals surface area contributed by atoms with Crippen molar-refractivity contribution in [3.05, 3.63) is 59.5 Å². The van der Waals surface area contributed by atoms with E-state index in [1.165, 1.54) is 30.2 Å². The molecule has 0 aliphatic heterocycles. The van der Waals surface area contributed by atoms with Crippen molar-refractivity contribution in [3.8, 4) is 11.6 Å². The number of anilines is 1. The Morgan fingerprint density at radius 3 is 2.55 bits per heavy atom. The van der Waals surface area contributed by atoms with Crippen molar-refractivity contribution in [3.63, 3.8) is 0 Å². The van der Waals surface area contributed by atoms with Gasteiger partial charge in [-0.25, -0.2) is 14.8 Å². The number of hydrogen-bond donors (Lipinski definition) is 1. The van der Waals surface area contributed by atoms with Crippen LogP contribution in [-0.2, 0) is 15.7 Å². The summed E-state index contributed by atoms with van der Waals surface area (Å²) in [6.07, 6.45) is -1.48. The zero-order valence-electron chi connectivity index (χ0n) is 16.3. The molecule has 0 atom stereocenters. The highest BCUT2D eigenvalue weighted by molar-refractivity contribution is 7.98. The molecule has 31 heavy (non-hydrogen) atoms. The van der Waals surface area contributed by atoms with Gasteiger partial charge in [0, 0.05) is 0 Å². The molecule has 0 spiro atoms. The molecule has 7 nitrogen and oxygen atoms in total. The number of alkyl halides is 3. The third-order valence-electron chi connectivity index (χ3n) is 4.04. The maximum atomic E-state index is 13.0. The van der Waals surface area contributed by atoms with Crippen LogP contribution in [0.15, 0.2) is 52.1 Å². The minimum absolute atomic E-state index is 0.0614. The zero-order valence-corrected chi connectivity index (χ0v) is 17.1. The average molecular weight is 451 g/mol. The molecule has 3 rings (SSSR count). The number of furan rings is 1. The first-order valence-electron chi connectivity index (χ1n) is 8.80. The monoisotopic (exact) mass is 451 g/mol. The highest BCUT2D eigenvalue weighted by Crippen LogP contribution is 2.34. The van der Waals surface area contributed by atoms with Crippen LogP contribution in [0.5, 0.6) is 0 Å². The lowest BCUT2D eigenvalue weighted by atomic mass is 10.1. The van der Waals surface area contributed by atoms with Crippen molar-refractivity contribution >= 4 is 29.3 Å². The van der Waals surface area contributed by atoms with Crippen LogP contribution >= 0.6 is 11.8 Å². The van der Waals surface area contributed by atoms with E-state index in [0.29, 0.717) is 16.5 Å². The molecule has 0 saturated carbocycles. The first-order chi connectivity index (χ1) is 14.7. The van der Waals surface area contributed by atoms with Gasteiger partial charge in [-0.2, -0.15) is 13.2 Å². The van der Waals surface area contributed by atoms with Crippen LogP contribution in [0.1, 0.15) is 21.6 Å². The van der Waals surface area contributed by atoms with Gasteiger partial charge in [0.1, 0.15) is 10.6 Å². The SMILES string of the molecule is CSc1nc(-c2ccco2)nc(C)c1C(=O)OCC(=O)Nc1ccccc1C(F)(F)F. The molecule has 0 bridgehead atoms. The van der Waals surface area contributed by atoms with Gasteiger partial charge in [0.05, 0.1) is 23.2 Å². The lowest BCUT2D eigenvalue weighted by Gasteiger charge is -2.14. The molecule has 1 amide bonds. The minimum atomic E-state index is -4.64. The number of rotatable bonds is 6. The van der Waals surface area contributed by atoms with Gasteiger partial charge in [0.25, 0.3) is 5.91 Å². The molecule has 0 aliphatic rings. The van der Waals surface area contributed by atoms with Gasteiger partial charge >= 0.3 is 12.1 Å². The molecule has 3 aromatic rings. The topological polar surface area (TPSA) is 94.3 Å². The summed E-state index contributed by atoms with van der Waals surface area (Å²) in [7, 11) is 0. The molecule has 2 aromatic heterocycles. The summed E-state index contributed by atoms with van der Waals surface area (Å²) in [5.41, 5.74) is -1.06. The maximum Gasteiger partial charge on any atom is 0.418 e. The fourth-order valence-corrected chi connectivity index (χ4v) is 3.29. The number of carbonyl (C=O) groups is 2. The Kier molecular flexibility index (Phi) is 6.64. The summed E-state index contributed by atoms with van der Waals surface area (Å²) in [5.74, 6) is -1.08. The first-order valence-corrected chi connectivity index (χ1v) is 10.0. The molecule has 0 aliphatic carbocycles. The van der Waals surface area contributed by atoms with Gasteiger partial charge in [-0.3, -0.25) is 4.79 Å². The number of esters is 1. The third-order valence-corrected chi connectivity index (χ3v) is 4.72. The highest BCUT2D eigenvalue weighted by Gasteiger charge is 2.33. The van der Waals surface area contributed by atoms with Crippen molar-refractivity contribution in [2.75, 3.05) is 18.2 Å². The molecule has 11 heteroatoms. The second-order valence-electron chi connectivity index (χ2n) is 6.16. The minimum Gasteiger partial charge on any atom is -0.461 e. The number of nitrogens with zero attached hydrogens (tertiary/aromatic N) is 2. The predicted octanol–water partition coefficient (Wildman–Crippen LogP) is 4.58. The number of aromatic nitrogens is 2. The predicted molar refractivity (Wildman–Crippen MR) is 107 cm³/mol. The summed E-state index contributed by atoms with van der Waals surface area (Å²) in [5, 5.41) is 2.42. The lowest BCUT2D eigenvalue weighted by molar-refractivity contribution is -0.137. The number of para-hydroxylation sites is 1. The summed E-state index contributed by atoms with van der Waals surface area (Å²) in [4.78, 5) is 33.1. The second kappa shape index (κ2) is 9.21. The van der Waals surface area contributed by atoms with Gasteiger partial charge < -0.3 is 14.5 Å². The molecule has 0 radical (unpaired) electrons. The molecule has 0 fully saturated rings. The van der Waals surface area contributed by atoms with E-state index in [-0.39, 0.29) is 11.4 Å². The Morgan fingerprint density at radius 2 is 1.90 bits per heavy atom. The number of ether oxygens (including phenoxy) is 1. The van der Waals surface area contributed by atoms with Crippen LogP contribution in [0.3, 0.4) is 0 Å². The van der Waals surface area contributed by atoms with Crippen molar-refractivity contribution in [1.29, 1.82) is 0 Å². The van der Waals surface area contributed by atoms with E-state index in [0.717, 1.165) is 12.1 Å². The van der Waals surface area contributed by atoms with Crippen LogP contribution in [0, 0.1) is 6.92 Å². The quantitative estimate of drug-likeness (QED) is 0.333. The maximum absolute atomic E-state index is 13.0. The molecule has 0 unspecified atom stereocenters. The molecular weight excluding hydrogens is 435 g/mol. The summed E-state index contributed by atoms with van der Waals surface area (Å²) >= 11 is 1.17. The number of aryl methyl sites for hydroxylation is 1. The number of amides is 1. The Bertz CT molecular complexity index is 1100. The highest BCUT2D eigenvalue weighted by atomic mass is 32.2. The second-order valence-corrected chi connectivity index (χ2v) is 6.96. The first kappa shape index (κ1) is 22.3. The fraction of sp³-hybridized carbons (Fsp3) is 0.200. The van der Waals surface area contributed by atoms with E-state index in [2.05, 4.69) is 15.3 Å². The molecular formula is C20H16F3N3O4S. The van der Waals surface area contributed by atoms with E-state index >= 15 is 0 Å². The van der Waals surface area contributed by atoms with Gasteiger partial charge in [0.2, 0.25) is 0 Å². The standard InChI is InChI=1S/C20H16F3N3O4S/c1-11-16(18(31-2)26-17(24-11)14-8-5-9-29-14)19(28)30-10-15(27)25-13-7-4-3-6-12(13)20(21,22)23/h3-9H,10H2,1-2H3,(H,25,27). The number of hydrogen-bond acceptors (Lipinski definition) is 7. The number of nitrogens with one attached hydrogen (secondary N) is 1. The van der Waals surface area contributed by atoms with E-state index < -0.39 is 35.9 Å². The van der Waals surface area contributed by atoms with Crippen LogP contribution in [0.4, 0.5) is 18.9 Å². The van der Waals surface area contributed by atoms with E-state index in [9.17, 15) is 22.8 Å². The van der Waals surface area contributed by atoms with Gasteiger partial charge in [0.15, 0.2) is 18.2 Å². The average Bonchev–Trinajstić information content (AvgIpc) is 3.26. The largest absolute Gasteiger partial charge is 0.461 e. The Labute approximate surface area is 179 Å². The number of halogens is 3. The van der Waals surface area contributed by atoms with E-state index in [1.807, 2.05) is 0 Å². The van der Waals surface area contributed by atoms with Crippen LogP contribution in [0.25, 0.3) is 11.6 Å². The van der Waals surface area contributed by atoms with Crippen LogP contribution in [-0.4, -0.2) is 34.7 Å². The smallest absolute Gasteiger partial charge is 0.418 e. The summed E-state index contributed by atoms with van der Waals surface area (Å²) < 4.78 is 49.4. The van der Waals surface area contributed by atoms with E-state index in [1.54, 1.807) is 25.3 Å². The van der Waals surface area contributed by atoms with Crippen molar-refractivity contribution in [2.24, 2.45) is 0 Å². The normalized spacial score (nSPS) is 11.3. The zero-order chi connectivity index (χ0) is 22.6. The summed E-state index contributed by atoms with van der Waals surface area (Å²) in [6, 6.07) is 7.85. The molecule has 1 aromatic carbocycles.